The number of nitrogens with one attached hydrogen (secondary N) is 1. The minimum absolute atomic E-state index is 0.0354. The van der Waals surface area contributed by atoms with Gasteiger partial charge in [-0.05, 0) is 30.7 Å². The van der Waals surface area contributed by atoms with Gasteiger partial charge in [-0.3, -0.25) is 4.79 Å². The van der Waals surface area contributed by atoms with E-state index in [9.17, 15) is 4.79 Å². The largest absolute Gasteiger partial charge is 0.370 e. The maximum absolute atomic E-state index is 12.7. The summed E-state index contributed by atoms with van der Waals surface area (Å²) in [6, 6.07) is 11.0. The number of H-pyrrole nitrogens is 1. The van der Waals surface area contributed by atoms with Crippen LogP contribution in [0.4, 0.5) is 0 Å². The molecule has 1 aromatic carbocycles. The first-order chi connectivity index (χ1) is 11.1. The van der Waals surface area contributed by atoms with Gasteiger partial charge in [-0.25, -0.2) is 0 Å². The third-order valence-electron chi connectivity index (χ3n) is 3.96. The van der Waals surface area contributed by atoms with Crippen molar-refractivity contribution in [1.29, 1.82) is 5.26 Å². The van der Waals surface area contributed by atoms with Crippen LogP contribution in [0, 0.1) is 11.3 Å². The van der Waals surface area contributed by atoms with Crippen molar-refractivity contribution in [3.05, 3.63) is 58.4 Å². The van der Waals surface area contributed by atoms with E-state index in [0.29, 0.717) is 29.4 Å². The summed E-state index contributed by atoms with van der Waals surface area (Å²) in [4.78, 5) is 17.3. The van der Waals surface area contributed by atoms with E-state index in [1.165, 1.54) is 6.20 Å². The molecule has 0 bridgehead atoms. The van der Waals surface area contributed by atoms with E-state index in [4.69, 9.17) is 21.6 Å². The first-order valence-corrected chi connectivity index (χ1v) is 7.73. The maximum Gasteiger partial charge on any atom is 0.270 e. The Kier molecular flexibility index (Phi) is 4.37. The number of aromatic amines is 1. The summed E-state index contributed by atoms with van der Waals surface area (Å²) >= 11 is 6.03. The summed E-state index contributed by atoms with van der Waals surface area (Å²) in [6.45, 7) is 2.84. The molecule has 0 saturated carbocycles. The summed E-state index contributed by atoms with van der Waals surface area (Å²) in [5, 5.41) is 9.53. The molecule has 1 aromatic heterocycles. The second kappa shape index (κ2) is 6.45. The molecule has 1 N–H and O–H groups in total. The van der Waals surface area contributed by atoms with Gasteiger partial charge < -0.3 is 14.6 Å². The zero-order valence-corrected chi connectivity index (χ0v) is 13.4. The molecule has 3 rings (SSSR count). The van der Waals surface area contributed by atoms with E-state index in [0.717, 1.165) is 5.56 Å². The molecule has 5 nitrogen and oxygen atoms in total. The van der Waals surface area contributed by atoms with Crippen molar-refractivity contribution in [3.63, 3.8) is 0 Å². The molecule has 1 aliphatic heterocycles. The van der Waals surface area contributed by atoms with Gasteiger partial charge >= 0.3 is 0 Å². The monoisotopic (exact) mass is 329 g/mol. The van der Waals surface area contributed by atoms with Crippen molar-refractivity contribution in [1.82, 2.24) is 9.88 Å². The van der Waals surface area contributed by atoms with Crippen LogP contribution in [-0.2, 0) is 4.74 Å². The molecule has 0 radical (unpaired) electrons. The molecule has 1 amide bonds. The predicted octanol–water partition coefficient (Wildman–Crippen LogP) is 3.14. The molecule has 1 aliphatic rings. The highest BCUT2D eigenvalue weighted by Crippen LogP contribution is 2.27. The van der Waals surface area contributed by atoms with Crippen LogP contribution in [0.15, 0.2) is 36.5 Å². The summed E-state index contributed by atoms with van der Waals surface area (Å²) in [6.07, 6.45) is 1.33. The number of hydrogen-bond donors (Lipinski definition) is 1. The second-order valence-corrected chi connectivity index (χ2v) is 6.03. The average molecular weight is 330 g/mol. The van der Waals surface area contributed by atoms with Gasteiger partial charge in [-0.1, -0.05) is 23.7 Å². The van der Waals surface area contributed by atoms with Gasteiger partial charge in [0, 0.05) is 11.2 Å². The molecule has 6 heteroatoms. The van der Waals surface area contributed by atoms with Gasteiger partial charge in [0.1, 0.15) is 17.9 Å². The Balaban J connectivity index is 1.81. The molecule has 0 aliphatic carbocycles. The number of carbonyl (C=O) groups is 1. The van der Waals surface area contributed by atoms with Crippen molar-refractivity contribution in [3.8, 4) is 6.07 Å². The van der Waals surface area contributed by atoms with Crippen LogP contribution in [0.3, 0.4) is 0 Å². The first-order valence-electron chi connectivity index (χ1n) is 7.35. The predicted molar refractivity (Wildman–Crippen MR) is 86.2 cm³/mol. The molecule has 23 heavy (non-hydrogen) atoms. The zero-order valence-electron chi connectivity index (χ0n) is 12.6. The summed E-state index contributed by atoms with van der Waals surface area (Å²) in [5.41, 5.74) is 1.81. The van der Waals surface area contributed by atoms with Crippen molar-refractivity contribution in [2.24, 2.45) is 0 Å². The smallest absolute Gasteiger partial charge is 0.270 e. The van der Waals surface area contributed by atoms with E-state index >= 15 is 0 Å². The fraction of sp³-hybridized carbons (Fsp3) is 0.294. The number of carbonyl (C=O) groups excluding carboxylic acids is 1. The fourth-order valence-corrected chi connectivity index (χ4v) is 2.88. The lowest BCUT2D eigenvalue weighted by atomic mass is 10.1. The van der Waals surface area contributed by atoms with E-state index in [1.807, 2.05) is 37.3 Å². The Bertz CT molecular complexity index is 765. The summed E-state index contributed by atoms with van der Waals surface area (Å²) in [7, 11) is 0. The SMILES string of the molecule is CC1COC(c2cccc(Cl)c2)CN1C(=O)c1cc(C#N)c[nH]1. The van der Waals surface area contributed by atoms with Gasteiger partial charge in [0.15, 0.2) is 0 Å². The number of amides is 1. The second-order valence-electron chi connectivity index (χ2n) is 5.60. The topological polar surface area (TPSA) is 69.1 Å². The number of nitriles is 1. The van der Waals surface area contributed by atoms with Crippen LogP contribution in [-0.4, -0.2) is 35.0 Å². The van der Waals surface area contributed by atoms with Crippen LogP contribution in [0.5, 0.6) is 0 Å². The van der Waals surface area contributed by atoms with Gasteiger partial charge in [0.05, 0.1) is 24.8 Å². The lowest BCUT2D eigenvalue weighted by Gasteiger charge is -2.38. The molecule has 2 heterocycles. The quantitative estimate of drug-likeness (QED) is 0.920. The average Bonchev–Trinajstić information content (AvgIpc) is 3.04. The Morgan fingerprint density at radius 1 is 1.48 bits per heavy atom. The standard InChI is InChI=1S/C17H16ClN3O2/c1-11-10-23-16(13-3-2-4-14(18)6-13)9-21(11)17(22)15-5-12(7-19)8-20-15/h2-6,8,11,16,20H,9-10H2,1H3. The number of hydrogen-bond acceptors (Lipinski definition) is 3. The number of nitrogens with zero attached hydrogens (tertiary/aromatic N) is 2. The lowest BCUT2D eigenvalue weighted by Crippen LogP contribution is -2.48. The van der Waals surface area contributed by atoms with Crippen molar-refractivity contribution in [2.75, 3.05) is 13.2 Å². The van der Waals surface area contributed by atoms with Gasteiger partial charge in [-0.15, -0.1) is 0 Å². The van der Waals surface area contributed by atoms with Crippen molar-refractivity contribution < 1.29 is 9.53 Å². The highest BCUT2D eigenvalue weighted by atomic mass is 35.5. The van der Waals surface area contributed by atoms with Crippen molar-refractivity contribution >= 4 is 17.5 Å². The number of ether oxygens (including phenoxy) is 1. The van der Waals surface area contributed by atoms with Crippen LogP contribution in [0.25, 0.3) is 0 Å². The van der Waals surface area contributed by atoms with E-state index in [-0.39, 0.29) is 18.1 Å². The van der Waals surface area contributed by atoms with Gasteiger partial charge in [0.25, 0.3) is 5.91 Å². The molecular formula is C17H16ClN3O2. The highest BCUT2D eigenvalue weighted by molar-refractivity contribution is 6.30. The zero-order chi connectivity index (χ0) is 16.4. The Morgan fingerprint density at radius 3 is 3.00 bits per heavy atom. The third-order valence-corrected chi connectivity index (χ3v) is 4.19. The Morgan fingerprint density at radius 2 is 2.30 bits per heavy atom. The summed E-state index contributed by atoms with van der Waals surface area (Å²) < 4.78 is 5.86. The normalized spacial score (nSPS) is 21.0. The molecule has 1 saturated heterocycles. The number of morpholine rings is 1. The Hall–Kier alpha value is -2.29. The summed E-state index contributed by atoms with van der Waals surface area (Å²) in [5.74, 6) is -0.130. The third kappa shape index (κ3) is 3.24. The van der Waals surface area contributed by atoms with Gasteiger partial charge in [0.2, 0.25) is 0 Å². The lowest BCUT2D eigenvalue weighted by molar-refractivity contribution is -0.0488. The fourth-order valence-electron chi connectivity index (χ4n) is 2.69. The number of aromatic nitrogens is 1. The minimum atomic E-state index is -0.209. The number of benzene rings is 1. The van der Waals surface area contributed by atoms with Crippen LogP contribution >= 0.6 is 11.6 Å². The van der Waals surface area contributed by atoms with Crippen LogP contribution in [0.1, 0.15) is 34.6 Å². The molecule has 0 spiro atoms. The number of halogens is 1. The molecule has 1 fully saturated rings. The van der Waals surface area contributed by atoms with E-state index in [1.54, 1.807) is 11.0 Å². The van der Waals surface area contributed by atoms with Gasteiger partial charge in [-0.2, -0.15) is 5.26 Å². The van der Waals surface area contributed by atoms with Crippen molar-refractivity contribution in [2.45, 2.75) is 19.1 Å². The minimum Gasteiger partial charge on any atom is -0.370 e. The highest BCUT2D eigenvalue weighted by Gasteiger charge is 2.31. The Labute approximate surface area is 139 Å². The molecule has 2 aromatic rings. The molecular weight excluding hydrogens is 314 g/mol. The first kappa shape index (κ1) is 15.6. The van der Waals surface area contributed by atoms with E-state index < -0.39 is 0 Å². The molecule has 2 atom stereocenters. The number of rotatable bonds is 2. The van der Waals surface area contributed by atoms with E-state index in [2.05, 4.69) is 4.98 Å². The molecule has 118 valence electrons. The van der Waals surface area contributed by atoms with Crippen LogP contribution in [0.2, 0.25) is 5.02 Å². The van der Waals surface area contributed by atoms with Crippen LogP contribution < -0.4 is 0 Å². The molecule has 2 unspecified atom stereocenters. The maximum atomic E-state index is 12.7.